The third kappa shape index (κ3) is 2.73. The summed E-state index contributed by atoms with van der Waals surface area (Å²) in [5, 5.41) is 0. The van der Waals surface area contributed by atoms with Crippen molar-refractivity contribution in [3.05, 3.63) is 0 Å². The summed E-state index contributed by atoms with van der Waals surface area (Å²) < 4.78 is 0. The van der Waals surface area contributed by atoms with E-state index in [9.17, 15) is 4.79 Å². The van der Waals surface area contributed by atoms with E-state index >= 15 is 0 Å². The maximum atomic E-state index is 12.0. The highest BCUT2D eigenvalue weighted by Gasteiger charge is 2.26. The summed E-state index contributed by atoms with van der Waals surface area (Å²) in [6.45, 7) is 8.14. The van der Waals surface area contributed by atoms with Crippen LogP contribution in [0.3, 0.4) is 0 Å². The summed E-state index contributed by atoms with van der Waals surface area (Å²) in [5.41, 5.74) is 0. The summed E-state index contributed by atoms with van der Waals surface area (Å²) in [6, 6.07) is 0. The van der Waals surface area contributed by atoms with Crippen molar-refractivity contribution in [1.82, 2.24) is 4.90 Å². The monoisotopic (exact) mass is 197 g/mol. The Labute approximate surface area is 87.7 Å². The van der Waals surface area contributed by atoms with Gasteiger partial charge in [-0.05, 0) is 45.4 Å². The minimum atomic E-state index is 0.325. The molecule has 0 aliphatic heterocycles. The molecule has 1 fully saturated rings. The highest BCUT2D eigenvalue weighted by atomic mass is 16.2. The summed E-state index contributed by atoms with van der Waals surface area (Å²) in [6.07, 6.45) is 4.68. The fourth-order valence-electron chi connectivity index (χ4n) is 2.30. The first-order valence-corrected chi connectivity index (χ1v) is 5.97. The van der Waals surface area contributed by atoms with Crippen molar-refractivity contribution in [2.24, 2.45) is 11.8 Å². The zero-order valence-corrected chi connectivity index (χ0v) is 9.75. The van der Waals surface area contributed by atoms with Crippen molar-refractivity contribution in [1.29, 1.82) is 0 Å². The van der Waals surface area contributed by atoms with Gasteiger partial charge in [0.15, 0.2) is 0 Å². The van der Waals surface area contributed by atoms with Gasteiger partial charge in [0.05, 0.1) is 0 Å². The van der Waals surface area contributed by atoms with Gasteiger partial charge in [-0.15, -0.1) is 0 Å². The molecule has 0 saturated heterocycles. The molecule has 0 aromatic heterocycles. The van der Waals surface area contributed by atoms with Gasteiger partial charge in [-0.25, -0.2) is 0 Å². The first-order valence-electron chi connectivity index (χ1n) is 5.97. The van der Waals surface area contributed by atoms with E-state index in [1.54, 1.807) is 0 Å². The Kier molecular flexibility index (Phi) is 4.43. The lowest BCUT2D eigenvalue weighted by atomic mass is 9.82. The Balaban J connectivity index is 2.44. The molecule has 1 rings (SSSR count). The molecule has 0 heterocycles. The average molecular weight is 197 g/mol. The van der Waals surface area contributed by atoms with Crippen LogP contribution in [0.1, 0.15) is 46.5 Å². The summed E-state index contributed by atoms with van der Waals surface area (Å²) in [7, 11) is 0. The lowest BCUT2D eigenvalue weighted by molar-refractivity contribution is -0.136. The molecular formula is C12H23NO. The van der Waals surface area contributed by atoms with E-state index in [4.69, 9.17) is 0 Å². The van der Waals surface area contributed by atoms with E-state index in [0.717, 1.165) is 31.8 Å². The second-order valence-corrected chi connectivity index (χ2v) is 4.47. The van der Waals surface area contributed by atoms with Crippen LogP contribution >= 0.6 is 0 Å². The molecule has 0 spiro atoms. The topological polar surface area (TPSA) is 20.3 Å². The average Bonchev–Trinajstić information content (AvgIpc) is 2.20. The third-order valence-electron chi connectivity index (χ3n) is 3.44. The molecule has 82 valence electrons. The Morgan fingerprint density at radius 2 is 1.64 bits per heavy atom. The van der Waals surface area contributed by atoms with Crippen LogP contribution in [0.5, 0.6) is 0 Å². The number of nitrogens with zero attached hydrogens (tertiary/aromatic N) is 1. The highest BCUT2D eigenvalue weighted by Crippen LogP contribution is 2.29. The minimum absolute atomic E-state index is 0.325. The van der Waals surface area contributed by atoms with Crippen LogP contribution in [0.15, 0.2) is 0 Å². The maximum Gasteiger partial charge on any atom is 0.225 e. The van der Waals surface area contributed by atoms with Crippen LogP contribution in [-0.4, -0.2) is 23.9 Å². The quantitative estimate of drug-likeness (QED) is 0.681. The van der Waals surface area contributed by atoms with Crippen LogP contribution in [0.4, 0.5) is 0 Å². The second kappa shape index (κ2) is 5.38. The Hall–Kier alpha value is -0.530. The molecule has 0 bridgehead atoms. The Morgan fingerprint density at radius 1 is 1.14 bits per heavy atom. The summed E-state index contributed by atoms with van der Waals surface area (Å²) in [5.74, 6) is 1.55. The lowest BCUT2D eigenvalue weighted by Crippen LogP contribution is -2.37. The highest BCUT2D eigenvalue weighted by molar-refractivity contribution is 5.78. The van der Waals surface area contributed by atoms with E-state index in [2.05, 4.69) is 20.8 Å². The SMILES string of the molecule is CCN(CC)C(=O)[C@H]1CC[C@@H](C)CC1. The number of carbonyl (C=O) groups excluding carboxylic acids is 1. The van der Waals surface area contributed by atoms with Crippen molar-refractivity contribution >= 4 is 5.91 Å². The van der Waals surface area contributed by atoms with Crippen molar-refractivity contribution in [3.8, 4) is 0 Å². The standard InChI is InChI=1S/C12H23NO/c1-4-13(5-2)12(14)11-8-6-10(3)7-9-11/h10-11H,4-9H2,1-3H3/t10-,11+. The maximum absolute atomic E-state index is 12.0. The number of rotatable bonds is 3. The molecule has 0 radical (unpaired) electrons. The van der Waals surface area contributed by atoms with Crippen LogP contribution in [0.2, 0.25) is 0 Å². The van der Waals surface area contributed by atoms with Gasteiger partial charge >= 0.3 is 0 Å². The van der Waals surface area contributed by atoms with E-state index < -0.39 is 0 Å². The van der Waals surface area contributed by atoms with Gasteiger partial charge in [-0.3, -0.25) is 4.79 Å². The number of hydrogen-bond acceptors (Lipinski definition) is 1. The largest absolute Gasteiger partial charge is 0.343 e. The molecule has 0 aromatic rings. The fraction of sp³-hybridized carbons (Fsp3) is 0.917. The fourth-order valence-corrected chi connectivity index (χ4v) is 2.30. The molecule has 1 saturated carbocycles. The van der Waals surface area contributed by atoms with E-state index in [-0.39, 0.29) is 0 Å². The molecule has 0 N–H and O–H groups in total. The molecule has 2 nitrogen and oxygen atoms in total. The van der Waals surface area contributed by atoms with Gasteiger partial charge in [0.25, 0.3) is 0 Å². The van der Waals surface area contributed by atoms with Gasteiger partial charge in [-0.2, -0.15) is 0 Å². The van der Waals surface area contributed by atoms with Crippen molar-refractivity contribution in [2.45, 2.75) is 46.5 Å². The number of amides is 1. The predicted octanol–water partition coefficient (Wildman–Crippen LogP) is 2.68. The van der Waals surface area contributed by atoms with Gasteiger partial charge < -0.3 is 4.90 Å². The lowest BCUT2D eigenvalue weighted by Gasteiger charge is -2.29. The number of hydrogen-bond donors (Lipinski definition) is 0. The molecule has 1 aliphatic carbocycles. The van der Waals surface area contributed by atoms with E-state index in [1.165, 1.54) is 12.8 Å². The van der Waals surface area contributed by atoms with Gasteiger partial charge in [-0.1, -0.05) is 6.92 Å². The zero-order valence-electron chi connectivity index (χ0n) is 9.75. The van der Waals surface area contributed by atoms with E-state index in [1.807, 2.05) is 4.90 Å². The Morgan fingerprint density at radius 3 is 2.07 bits per heavy atom. The smallest absolute Gasteiger partial charge is 0.225 e. The molecule has 1 amide bonds. The molecule has 0 aromatic carbocycles. The van der Waals surface area contributed by atoms with Crippen molar-refractivity contribution in [2.75, 3.05) is 13.1 Å². The Bertz CT molecular complexity index is 179. The predicted molar refractivity (Wildman–Crippen MR) is 59.1 cm³/mol. The number of carbonyl (C=O) groups is 1. The van der Waals surface area contributed by atoms with Gasteiger partial charge in [0, 0.05) is 19.0 Å². The van der Waals surface area contributed by atoms with E-state index in [0.29, 0.717) is 11.8 Å². The molecule has 0 unspecified atom stereocenters. The first kappa shape index (κ1) is 11.5. The molecular weight excluding hydrogens is 174 g/mol. The van der Waals surface area contributed by atoms with Crippen LogP contribution in [0, 0.1) is 11.8 Å². The van der Waals surface area contributed by atoms with Crippen molar-refractivity contribution < 1.29 is 4.79 Å². The van der Waals surface area contributed by atoms with Gasteiger partial charge in [0.1, 0.15) is 0 Å². The van der Waals surface area contributed by atoms with Gasteiger partial charge in [0.2, 0.25) is 5.91 Å². The first-order chi connectivity index (χ1) is 6.69. The molecule has 1 aliphatic rings. The molecule has 14 heavy (non-hydrogen) atoms. The summed E-state index contributed by atoms with van der Waals surface area (Å²) >= 11 is 0. The van der Waals surface area contributed by atoms with Crippen molar-refractivity contribution in [3.63, 3.8) is 0 Å². The van der Waals surface area contributed by atoms with Crippen LogP contribution in [0.25, 0.3) is 0 Å². The van der Waals surface area contributed by atoms with Crippen LogP contribution in [-0.2, 0) is 4.79 Å². The zero-order chi connectivity index (χ0) is 10.6. The third-order valence-corrected chi connectivity index (χ3v) is 3.44. The molecule has 2 heteroatoms. The molecule has 0 atom stereocenters. The minimum Gasteiger partial charge on any atom is -0.343 e. The normalized spacial score (nSPS) is 27.4. The summed E-state index contributed by atoms with van der Waals surface area (Å²) in [4.78, 5) is 14.0. The second-order valence-electron chi connectivity index (χ2n) is 4.47. The van der Waals surface area contributed by atoms with Crippen LogP contribution < -0.4 is 0 Å².